The van der Waals surface area contributed by atoms with Gasteiger partial charge >= 0.3 is 18.1 Å². The average molecular weight is 953 g/mol. The molecule has 0 saturated heterocycles. The van der Waals surface area contributed by atoms with Crippen LogP contribution in [0, 0.1) is 13.8 Å². The Morgan fingerprint density at radius 2 is 1.17 bits per heavy atom. The van der Waals surface area contributed by atoms with Gasteiger partial charge in [-0.15, -0.1) is 0 Å². The van der Waals surface area contributed by atoms with E-state index in [0.29, 0.717) is 39.4 Å². The minimum atomic E-state index is -4.58. The predicted molar refractivity (Wildman–Crippen MR) is 242 cm³/mol. The van der Waals surface area contributed by atoms with Crippen molar-refractivity contribution in [1.82, 2.24) is 9.97 Å². The second-order valence-electron chi connectivity index (χ2n) is 14.5. The van der Waals surface area contributed by atoms with Crippen molar-refractivity contribution in [1.29, 1.82) is 0 Å². The van der Waals surface area contributed by atoms with E-state index in [4.69, 9.17) is 41.0 Å². The fourth-order valence-electron chi connectivity index (χ4n) is 6.62. The van der Waals surface area contributed by atoms with Crippen molar-refractivity contribution < 1.29 is 64.3 Å². The first-order valence-electron chi connectivity index (χ1n) is 19.7. The molecule has 0 spiro atoms. The maximum Gasteiger partial charge on any atom is 0.422 e. The zero-order valence-corrected chi connectivity index (χ0v) is 37.8. The van der Waals surface area contributed by atoms with Crippen molar-refractivity contribution in [3.8, 4) is 40.2 Å². The van der Waals surface area contributed by atoms with Crippen molar-refractivity contribution in [2.24, 2.45) is 0 Å². The summed E-state index contributed by atoms with van der Waals surface area (Å²) in [4.78, 5) is 29.1. The Morgan fingerprint density at radius 1 is 0.667 bits per heavy atom. The van der Waals surface area contributed by atoms with E-state index in [2.05, 4.69) is 24.2 Å². The molecule has 5 aromatic carbocycles. The number of benzene rings is 5. The number of carbonyl (C=O) groups excluding carboxylic acids is 2. The van der Waals surface area contributed by atoms with E-state index in [9.17, 15) is 31.2 Å². The number of halogens is 4. The molecule has 0 aliphatic rings. The van der Waals surface area contributed by atoms with Gasteiger partial charge in [-0.25, -0.2) is 8.42 Å². The molecule has 0 radical (unpaired) electrons. The first-order chi connectivity index (χ1) is 31.3. The van der Waals surface area contributed by atoms with Crippen molar-refractivity contribution in [2.45, 2.75) is 37.8 Å². The van der Waals surface area contributed by atoms with E-state index in [0.717, 1.165) is 46.1 Å². The molecule has 7 rings (SSSR count). The number of ether oxygens (including phenoxy) is 7. The van der Waals surface area contributed by atoms with Gasteiger partial charge in [0.15, 0.2) is 41.1 Å². The average Bonchev–Trinajstić information content (AvgIpc) is 3.86. The highest BCUT2D eigenvalue weighted by molar-refractivity contribution is 7.92. The van der Waals surface area contributed by atoms with Gasteiger partial charge in [0.25, 0.3) is 10.0 Å². The minimum Gasteiger partial charge on any atom is -0.493 e. The Hall–Kier alpha value is -7.25. The highest BCUT2D eigenvalue weighted by Gasteiger charge is 2.29. The number of hydrogen-bond donors (Lipinski definition) is 4. The van der Waals surface area contributed by atoms with Crippen LogP contribution < -0.4 is 34.1 Å². The molecule has 15 nitrogen and oxygen atoms in total. The Morgan fingerprint density at radius 3 is 1.68 bits per heavy atom. The van der Waals surface area contributed by atoms with Gasteiger partial charge in [0.05, 0.1) is 52.0 Å². The summed E-state index contributed by atoms with van der Waals surface area (Å²) in [5, 5.41) is 1.04. The van der Waals surface area contributed by atoms with Crippen LogP contribution in [0.1, 0.15) is 22.5 Å². The van der Waals surface area contributed by atoms with Gasteiger partial charge in [0.1, 0.15) is 16.3 Å². The molecule has 0 unspecified atom stereocenters. The number of hydrogen-bond acceptors (Lipinski definition) is 12. The van der Waals surface area contributed by atoms with E-state index >= 15 is 0 Å². The summed E-state index contributed by atoms with van der Waals surface area (Å²) in [6.45, 7) is 2.21. The lowest BCUT2D eigenvalue weighted by molar-refractivity contribution is -0.153. The molecule has 0 atom stereocenters. The number of rotatable bonds is 15. The van der Waals surface area contributed by atoms with Crippen LogP contribution in [0.2, 0.25) is 5.02 Å². The Balaban J connectivity index is 0.000000245. The monoisotopic (exact) mass is 952 g/mol. The summed E-state index contributed by atoms with van der Waals surface area (Å²) in [5.74, 6) is 1.21. The van der Waals surface area contributed by atoms with Crippen LogP contribution >= 0.6 is 11.6 Å². The lowest BCUT2D eigenvalue weighted by atomic mass is 10.1. The molecule has 7 aromatic rings. The van der Waals surface area contributed by atoms with E-state index in [1.807, 2.05) is 25.1 Å². The normalized spacial score (nSPS) is 11.4. The van der Waals surface area contributed by atoms with Gasteiger partial charge in [-0.1, -0.05) is 23.7 Å². The minimum absolute atomic E-state index is 0.00751. The third kappa shape index (κ3) is 11.7. The van der Waals surface area contributed by atoms with Crippen LogP contribution in [0.15, 0.2) is 95.9 Å². The molecule has 0 aliphatic carbocycles. The lowest BCUT2D eigenvalue weighted by Crippen LogP contribution is -2.19. The lowest BCUT2D eigenvalue weighted by Gasteiger charge is -2.17. The predicted octanol–water partition coefficient (Wildman–Crippen LogP) is 9.96. The number of aryl methyl sites for hydroxylation is 2. The first kappa shape index (κ1) is 48.2. The number of alkyl halides is 3. The van der Waals surface area contributed by atoms with E-state index in [-0.39, 0.29) is 52.5 Å². The maximum absolute atomic E-state index is 13.5. The van der Waals surface area contributed by atoms with Crippen LogP contribution in [0.25, 0.3) is 21.8 Å². The summed E-state index contributed by atoms with van der Waals surface area (Å²) in [6, 6.07) is 23.9. The molecule has 348 valence electrons. The number of nitrogen functional groups attached to an aromatic ring is 1. The van der Waals surface area contributed by atoms with Gasteiger partial charge in [-0.2, -0.15) is 13.2 Å². The molecule has 2 heterocycles. The molecule has 2 aromatic heterocycles. The standard InChI is InChI=1S/C27H24ClF3N2O7S.C19H20N2O4/c1-15-10-18-20(32-15)6-8-22(40-21-7-4-16(11-23(21)37-2)12-25(34)38-3)26(18)33-41(35,36)24-9-5-17(13-19(24)28)39-14-27(29,30)31;1-11-8-13-14(21-11)5-7-16(19(13)20)25-15-6-4-12(9-17(15)23-2)10-18(22)24-3/h4-11,13,32-33H,12,14H2,1-3H3;4-9,21H,10,20H2,1-3H3. The van der Waals surface area contributed by atoms with Crippen LogP contribution in [0.4, 0.5) is 24.5 Å². The number of sulfonamides is 1. The number of nitrogens with two attached hydrogens (primary N) is 1. The number of aromatic amines is 2. The zero-order chi connectivity index (χ0) is 47.9. The topological polar surface area (TPSA) is 203 Å². The van der Waals surface area contributed by atoms with Gasteiger partial charge in [-0.3, -0.25) is 14.3 Å². The molecule has 0 aliphatic heterocycles. The summed E-state index contributed by atoms with van der Waals surface area (Å²) < 4.78 is 104. The second kappa shape index (κ2) is 20.3. The molecular formula is C46H44ClF3N4O11S. The third-order valence-corrected chi connectivity index (χ3v) is 11.6. The van der Waals surface area contributed by atoms with Crippen molar-refractivity contribution in [2.75, 3.05) is 45.5 Å². The van der Waals surface area contributed by atoms with Crippen LogP contribution in [-0.4, -0.2) is 71.5 Å². The van der Waals surface area contributed by atoms with Crippen molar-refractivity contribution in [3.05, 3.63) is 119 Å². The van der Waals surface area contributed by atoms with Gasteiger partial charge in [-0.05, 0) is 97.8 Å². The third-order valence-electron chi connectivity index (χ3n) is 9.72. The second-order valence-corrected chi connectivity index (χ2v) is 16.6. The maximum atomic E-state index is 13.5. The number of anilines is 2. The summed E-state index contributed by atoms with van der Waals surface area (Å²) in [6.07, 6.45) is -4.40. The first-order valence-corrected chi connectivity index (χ1v) is 21.5. The highest BCUT2D eigenvalue weighted by Crippen LogP contribution is 2.42. The molecule has 66 heavy (non-hydrogen) atoms. The molecular weight excluding hydrogens is 909 g/mol. The Kier molecular flexibility index (Phi) is 14.8. The molecule has 0 fully saturated rings. The van der Waals surface area contributed by atoms with Gasteiger partial charge in [0, 0.05) is 39.3 Å². The number of H-pyrrole nitrogens is 2. The zero-order valence-electron chi connectivity index (χ0n) is 36.3. The molecule has 20 heteroatoms. The SMILES string of the molecule is COC(=O)Cc1ccc(Oc2ccc3[nH]c(C)cc3c2N)c(OC)c1.COC(=O)Cc1ccc(Oc2ccc3[nH]c(C)cc3c2NS(=O)(=O)c2ccc(OCC(F)(F)F)cc2Cl)c(OC)c1. The van der Waals surface area contributed by atoms with E-state index in [1.54, 1.807) is 68.6 Å². The largest absolute Gasteiger partial charge is 0.493 e. The number of esters is 2. The number of carbonyl (C=O) groups is 2. The fourth-order valence-corrected chi connectivity index (χ4v) is 8.25. The summed E-state index contributed by atoms with van der Waals surface area (Å²) >= 11 is 6.16. The molecule has 0 bridgehead atoms. The number of methoxy groups -OCH3 is 4. The Labute approximate surface area is 381 Å². The molecule has 5 N–H and O–H groups in total. The van der Waals surface area contributed by atoms with Crippen molar-refractivity contribution in [3.63, 3.8) is 0 Å². The summed E-state index contributed by atoms with van der Waals surface area (Å²) in [5.41, 5.74) is 11.6. The molecule has 0 amide bonds. The summed E-state index contributed by atoms with van der Waals surface area (Å²) in [7, 11) is 1.22. The number of fused-ring (bicyclic) bond motifs is 2. The fraction of sp³-hybridized carbons (Fsp3) is 0.217. The highest BCUT2D eigenvalue weighted by atomic mass is 35.5. The van der Waals surface area contributed by atoms with Crippen LogP contribution in [0.3, 0.4) is 0 Å². The quantitative estimate of drug-likeness (QED) is 0.0560. The van der Waals surface area contributed by atoms with Crippen LogP contribution in [0.5, 0.6) is 40.2 Å². The number of aromatic nitrogens is 2. The van der Waals surface area contributed by atoms with E-state index < -0.39 is 33.7 Å². The van der Waals surface area contributed by atoms with Gasteiger partial charge < -0.3 is 48.9 Å². The smallest absolute Gasteiger partial charge is 0.422 e. The molecule has 0 saturated carbocycles. The van der Waals surface area contributed by atoms with Crippen LogP contribution in [-0.2, 0) is 41.9 Å². The van der Waals surface area contributed by atoms with Crippen molar-refractivity contribution >= 4 is 66.7 Å². The Bertz CT molecular complexity index is 3030. The number of nitrogens with one attached hydrogen (secondary N) is 3. The van der Waals surface area contributed by atoms with Gasteiger partial charge in [0.2, 0.25) is 0 Å². The van der Waals surface area contributed by atoms with E-state index in [1.165, 1.54) is 21.3 Å².